The van der Waals surface area contributed by atoms with Crippen molar-refractivity contribution in [2.75, 3.05) is 0 Å². The first-order valence-electron chi connectivity index (χ1n) is 3.63. The number of hydrogen-bond donors (Lipinski definition) is 1. The highest BCUT2D eigenvalue weighted by Crippen LogP contribution is 2.22. The van der Waals surface area contributed by atoms with Crippen LogP contribution in [0.4, 0.5) is 0 Å². The van der Waals surface area contributed by atoms with Crippen LogP contribution in [0.25, 0.3) is 0 Å². The van der Waals surface area contributed by atoms with Gasteiger partial charge in [0.05, 0.1) is 0 Å². The van der Waals surface area contributed by atoms with E-state index in [-0.39, 0.29) is 0 Å². The van der Waals surface area contributed by atoms with Crippen LogP contribution in [0.3, 0.4) is 0 Å². The molecule has 0 aliphatic heterocycles. The molecule has 1 aliphatic carbocycles. The third-order valence-corrected chi connectivity index (χ3v) is 2.14. The van der Waals surface area contributed by atoms with E-state index in [2.05, 4.69) is 19.9 Å². The molecular formula is C9H13N. The van der Waals surface area contributed by atoms with Crippen molar-refractivity contribution in [3.63, 3.8) is 0 Å². The van der Waals surface area contributed by atoms with Crippen LogP contribution < -0.4 is 0 Å². The van der Waals surface area contributed by atoms with Gasteiger partial charge in [-0.15, -0.1) is 0 Å². The summed E-state index contributed by atoms with van der Waals surface area (Å²) in [7, 11) is 0. The molecular weight excluding hydrogens is 122 g/mol. The molecule has 1 heteroatoms. The predicted molar refractivity (Wildman–Crippen MR) is 44.4 cm³/mol. The highest BCUT2D eigenvalue weighted by atomic mass is 14.3. The first-order chi connectivity index (χ1) is 4.75. The first kappa shape index (κ1) is 7.26. The Hall–Kier alpha value is -0.850. The summed E-state index contributed by atoms with van der Waals surface area (Å²) in [6.45, 7) is 4.30. The summed E-state index contributed by atoms with van der Waals surface area (Å²) in [5.41, 5.74) is 2.43. The van der Waals surface area contributed by atoms with E-state index in [1.807, 2.05) is 6.08 Å². The Bertz CT molecular complexity index is 199. The maximum Gasteiger partial charge on any atom is 0.0249 e. The standard InChI is InChI=1S/C9H13N/c1-7-4-3-5-9(6-10)8(7)2/h3,5-7,10H,4H2,1-2H3/t7-/m1/s1. The van der Waals surface area contributed by atoms with Crippen molar-refractivity contribution in [1.82, 2.24) is 0 Å². The van der Waals surface area contributed by atoms with Gasteiger partial charge in [-0.3, -0.25) is 0 Å². The monoisotopic (exact) mass is 135 g/mol. The highest BCUT2D eigenvalue weighted by molar-refractivity contribution is 5.81. The summed E-state index contributed by atoms with van der Waals surface area (Å²) in [6, 6.07) is 0. The summed E-state index contributed by atoms with van der Waals surface area (Å²) < 4.78 is 0. The molecule has 0 fully saturated rings. The van der Waals surface area contributed by atoms with Gasteiger partial charge in [0.2, 0.25) is 0 Å². The molecule has 1 atom stereocenters. The maximum atomic E-state index is 7.08. The Labute approximate surface area is 62.0 Å². The van der Waals surface area contributed by atoms with Crippen LogP contribution in [0.2, 0.25) is 0 Å². The molecule has 0 heterocycles. The van der Waals surface area contributed by atoms with Gasteiger partial charge in [-0.05, 0) is 24.8 Å². The molecule has 0 aromatic carbocycles. The summed E-state index contributed by atoms with van der Waals surface area (Å²) in [5.74, 6) is 0.626. The molecule has 0 amide bonds. The summed E-state index contributed by atoms with van der Waals surface area (Å²) in [5, 5.41) is 7.08. The second-order valence-electron chi connectivity index (χ2n) is 2.82. The minimum Gasteiger partial charge on any atom is -0.308 e. The second kappa shape index (κ2) is 2.82. The van der Waals surface area contributed by atoms with E-state index in [0.717, 1.165) is 12.0 Å². The SMILES string of the molecule is CC1=C(C=N)C=CC[C@H]1C. The van der Waals surface area contributed by atoms with Crippen LogP contribution in [-0.4, -0.2) is 6.21 Å². The zero-order chi connectivity index (χ0) is 7.56. The fourth-order valence-electron chi connectivity index (χ4n) is 1.15. The molecule has 0 saturated carbocycles. The Balaban J connectivity index is 2.92. The molecule has 1 aliphatic rings. The number of nitrogens with one attached hydrogen (secondary N) is 1. The van der Waals surface area contributed by atoms with E-state index in [0.29, 0.717) is 5.92 Å². The highest BCUT2D eigenvalue weighted by Gasteiger charge is 2.08. The van der Waals surface area contributed by atoms with E-state index in [1.165, 1.54) is 11.8 Å². The van der Waals surface area contributed by atoms with Gasteiger partial charge in [0, 0.05) is 6.21 Å². The average Bonchev–Trinajstić information content (AvgIpc) is 1.95. The molecule has 1 rings (SSSR count). The molecule has 1 nitrogen and oxygen atoms in total. The van der Waals surface area contributed by atoms with Crippen LogP contribution in [0.15, 0.2) is 23.3 Å². The Morgan fingerprint density at radius 3 is 2.90 bits per heavy atom. The molecule has 0 aromatic rings. The Morgan fingerprint density at radius 2 is 2.40 bits per heavy atom. The minimum atomic E-state index is 0.626. The molecule has 0 radical (unpaired) electrons. The smallest absolute Gasteiger partial charge is 0.0249 e. The van der Waals surface area contributed by atoms with Gasteiger partial charge in [-0.25, -0.2) is 0 Å². The van der Waals surface area contributed by atoms with Crippen molar-refractivity contribution < 1.29 is 0 Å². The Kier molecular flexibility index (Phi) is 2.05. The van der Waals surface area contributed by atoms with Gasteiger partial charge in [0.1, 0.15) is 0 Å². The van der Waals surface area contributed by atoms with Crippen LogP contribution in [0, 0.1) is 11.3 Å². The zero-order valence-corrected chi connectivity index (χ0v) is 6.52. The van der Waals surface area contributed by atoms with Crippen LogP contribution in [-0.2, 0) is 0 Å². The zero-order valence-electron chi connectivity index (χ0n) is 6.52. The normalized spacial score (nSPS) is 25.2. The van der Waals surface area contributed by atoms with Gasteiger partial charge in [-0.2, -0.15) is 0 Å². The molecule has 10 heavy (non-hydrogen) atoms. The maximum absolute atomic E-state index is 7.08. The average molecular weight is 135 g/mol. The van der Waals surface area contributed by atoms with Crippen LogP contribution >= 0.6 is 0 Å². The van der Waals surface area contributed by atoms with E-state index in [9.17, 15) is 0 Å². The predicted octanol–water partition coefficient (Wildman–Crippen LogP) is 2.55. The van der Waals surface area contributed by atoms with Gasteiger partial charge in [0.25, 0.3) is 0 Å². The van der Waals surface area contributed by atoms with Crippen LogP contribution in [0.5, 0.6) is 0 Å². The molecule has 0 unspecified atom stereocenters. The van der Waals surface area contributed by atoms with Crippen molar-refractivity contribution >= 4 is 6.21 Å². The minimum absolute atomic E-state index is 0.626. The topological polar surface area (TPSA) is 23.9 Å². The van der Waals surface area contributed by atoms with E-state index in [4.69, 9.17) is 5.41 Å². The molecule has 0 saturated heterocycles. The van der Waals surface area contributed by atoms with Gasteiger partial charge < -0.3 is 5.41 Å². The summed E-state index contributed by atoms with van der Waals surface area (Å²) in [4.78, 5) is 0. The fraction of sp³-hybridized carbons (Fsp3) is 0.444. The molecule has 1 N–H and O–H groups in total. The third kappa shape index (κ3) is 1.18. The fourth-order valence-corrected chi connectivity index (χ4v) is 1.15. The van der Waals surface area contributed by atoms with Crippen molar-refractivity contribution in [2.45, 2.75) is 20.3 Å². The van der Waals surface area contributed by atoms with E-state index in [1.54, 1.807) is 0 Å². The van der Waals surface area contributed by atoms with Crippen LogP contribution in [0.1, 0.15) is 20.3 Å². The van der Waals surface area contributed by atoms with Gasteiger partial charge >= 0.3 is 0 Å². The second-order valence-corrected chi connectivity index (χ2v) is 2.82. The molecule has 0 aromatic heterocycles. The van der Waals surface area contributed by atoms with Crippen molar-refractivity contribution in [3.8, 4) is 0 Å². The van der Waals surface area contributed by atoms with Crippen molar-refractivity contribution in [2.24, 2.45) is 5.92 Å². The van der Waals surface area contributed by atoms with Gasteiger partial charge in [-0.1, -0.05) is 24.6 Å². The quantitative estimate of drug-likeness (QED) is 0.534. The lowest BCUT2D eigenvalue weighted by Crippen LogP contribution is -2.02. The molecule has 0 spiro atoms. The first-order valence-corrected chi connectivity index (χ1v) is 3.63. The lowest BCUT2D eigenvalue weighted by Gasteiger charge is -2.15. The number of rotatable bonds is 1. The Morgan fingerprint density at radius 1 is 1.70 bits per heavy atom. The van der Waals surface area contributed by atoms with E-state index < -0.39 is 0 Å². The largest absolute Gasteiger partial charge is 0.308 e. The summed E-state index contributed by atoms with van der Waals surface area (Å²) >= 11 is 0. The van der Waals surface area contributed by atoms with E-state index >= 15 is 0 Å². The third-order valence-electron chi connectivity index (χ3n) is 2.14. The summed E-state index contributed by atoms with van der Waals surface area (Å²) in [6.07, 6.45) is 6.73. The van der Waals surface area contributed by atoms with Crippen molar-refractivity contribution in [1.29, 1.82) is 5.41 Å². The molecule has 0 bridgehead atoms. The lowest BCUT2D eigenvalue weighted by atomic mass is 9.90. The van der Waals surface area contributed by atoms with Gasteiger partial charge in [0.15, 0.2) is 0 Å². The number of hydrogen-bond acceptors (Lipinski definition) is 1. The lowest BCUT2D eigenvalue weighted by molar-refractivity contribution is 0.683. The number of allylic oxidation sites excluding steroid dienone is 4. The molecule has 54 valence electrons. The van der Waals surface area contributed by atoms with Crippen molar-refractivity contribution in [3.05, 3.63) is 23.3 Å².